The van der Waals surface area contributed by atoms with E-state index in [0.717, 1.165) is 16.1 Å². The summed E-state index contributed by atoms with van der Waals surface area (Å²) < 4.78 is 23.9. The van der Waals surface area contributed by atoms with Gasteiger partial charge < -0.3 is 18.8 Å². The number of thiazole rings is 1. The first-order valence-corrected chi connectivity index (χ1v) is 11.1. The molecule has 0 radical (unpaired) electrons. The maximum Gasteiger partial charge on any atom is 0.507 e. The highest BCUT2D eigenvalue weighted by atomic mass is 32.1. The van der Waals surface area contributed by atoms with Gasteiger partial charge in [-0.2, -0.15) is 0 Å². The first kappa shape index (κ1) is 23.6. The van der Waals surface area contributed by atoms with Crippen LogP contribution in [0.3, 0.4) is 0 Å². The van der Waals surface area contributed by atoms with Crippen LogP contribution in [-0.2, 0) is 20.6 Å². The number of nitrogens with zero attached hydrogens (tertiary/aromatic N) is 2. The lowest BCUT2D eigenvalue weighted by Gasteiger charge is -2.32. The van der Waals surface area contributed by atoms with Crippen molar-refractivity contribution in [3.63, 3.8) is 0 Å². The molecule has 0 unspecified atom stereocenters. The number of hydrogen-bond acceptors (Lipinski definition) is 7. The minimum atomic E-state index is -0.624. The predicted octanol–water partition coefficient (Wildman–Crippen LogP) is 4.39. The van der Waals surface area contributed by atoms with Crippen LogP contribution in [0.2, 0.25) is 0 Å². The normalized spacial score (nSPS) is 17.5. The molecule has 1 aliphatic heterocycles. The van der Waals surface area contributed by atoms with Crippen molar-refractivity contribution in [2.24, 2.45) is 0 Å². The number of carbonyl (C=O) groups is 1. The first-order chi connectivity index (χ1) is 14.3. The van der Waals surface area contributed by atoms with Gasteiger partial charge in [0.05, 0.1) is 29.6 Å². The number of anilines is 1. The lowest BCUT2D eigenvalue weighted by molar-refractivity contribution is 0.00578. The standard InChI is InChI=1S/C22H31BN2O5S/c1-20(2,3)28-19(26)25(14-15-9-11-16(27-8)12-10-15)18-24-13-17(31-18)23-29-21(4,5)22(6,7)30-23/h9-13H,14H2,1-8H3. The third-order valence-electron chi connectivity index (χ3n) is 5.34. The molecule has 2 heterocycles. The average Bonchev–Trinajstić information content (AvgIpc) is 3.21. The van der Waals surface area contributed by atoms with Gasteiger partial charge in [0.2, 0.25) is 0 Å². The quantitative estimate of drug-likeness (QED) is 0.635. The van der Waals surface area contributed by atoms with Crippen molar-refractivity contribution in [1.29, 1.82) is 0 Å². The molecule has 9 heteroatoms. The highest BCUT2D eigenvalue weighted by Crippen LogP contribution is 2.37. The van der Waals surface area contributed by atoms with Crippen molar-refractivity contribution in [2.75, 3.05) is 12.0 Å². The molecule has 1 aromatic carbocycles. The predicted molar refractivity (Wildman–Crippen MR) is 123 cm³/mol. The molecule has 168 valence electrons. The molecule has 0 aliphatic carbocycles. The van der Waals surface area contributed by atoms with Crippen molar-refractivity contribution in [2.45, 2.75) is 71.8 Å². The number of ether oxygens (including phenoxy) is 2. The molecule has 0 saturated carbocycles. The molecule has 1 aromatic heterocycles. The van der Waals surface area contributed by atoms with Gasteiger partial charge >= 0.3 is 13.2 Å². The zero-order valence-corrected chi connectivity index (χ0v) is 20.3. The Bertz CT molecular complexity index is 905. The summed E-state index contributed by atoms with van der Waals surface area (Å²) >= 11 is 1.36. The fraction of sp³-hybridized carbons (Fsp3) is 0.545. The number of rotatable bonds is 5. The smallest absolute Gasteiger partial charge is 0.497 e. The highest BCUT2D eigenvalue weighted by molar-refractivity contribution is 7.25. The van der Waals surface area contributed by atoms with Gasteiger partial charge in [-0.1, -0.05) is 12.1 Å². The monoisotopic (exact) mass is 446 g/mol. The van der Waals surface area contributed by atoms with Crippen LogP contribution in [0.25, 0.3) is 0 Å². The van der Waals surface area contributed by atoms with Crippen LogP contribution in [0, 0.1) is 0 Å². The topological polar surface area (TPSA) is 70.1 Å². The minimum absolute atomic E-state index is 0.315. The van der Waals surface area contributed by atoms with Crippen LogP contribution in [0.5, 0.6) is 5.75 Å². The average molecular weight is 446 g/mol. The summed E-state index contributed by atoms with van der Waals surface area (Å²) in [5.74, 6) is 0.755. The van der Waals surface area contributed by atoms with E-state index in [9.17, 15) is 4.79 Å². The van der Waals surface area contributed by atoms with Gasteiger partial charge in [-0.25, -0.2) is 14.7 Å². The summed E-state index contributed by atoms with van der Waals surface area (Å²) in [6.45, 7) is 13.9. The van der Waals surface area contributed by atoms with Crippen LogP contribution in [-0.4, -0.2) is 42.1 Å². The molecule has 1 saturated heterocycles. The largest absolute Gasteiger partial charge is 0.507 e. The molecule has 1 aliphatic rings. The molecule has 0 spiro atoms. The molecule has 1 amide bonds. The van der Waals surface area contributed by atoms with Gasteiger partial charge in [-0.15, -0.1) is 11.3 Å². The molecule has 0 atom stereocenters. The molecular weight excluding hydrogens is 415 g/mol. The minimum Gasteiger partial charge on any atom is -0.497 e. The van der Waals surface area contributed by atoms with Crippen LogP contribution < -0.4 is 14.4 Å². The maximum absolute atomic E-state index is 13.0. The summed E-state index contributed by atoms with van der Waals surface area (Å²) in [7, 11) is 1.09. The Morgan fingerprint density at radius 3 is 2.23 bits per heavy atom. The molecule has 2 aromatic rings. The SMILES string of the molecule is COc1ccc(CN(C(=O)OC(C)(C)C)c2ncc(B3OC(C)(C)C(C)(C)O3)s2)cc1. The van der Waals surface area contributed by atoms with Crippen LogP contribution in [0.4, 0.5) is 9.93 Å². The summed E-state index contributed by atoms with van der Waals surface area (Å²) in [4.78, 5) is 19.0. The maximum atomic E-state index is 13.0. The number of methoxy groups -OCH3 is 1. The molecule has 7 nitrogen and oxygen atoms in total. The first-order valence-electron chi connectivity index (χ1n) is 10.3. The third-order valence-corrected chi connectivity index (χ3v) is 6.38. The summed E-state index contributed by atoms with van der Waals surface area (Å²) in [6, 6.07) is 7.55. The lowest BCUT2D eigenvalue weighted by atomic mass is 9.89. The van der Waals surface area contributed by atoms with Crippen LogP contribution in [0.15, 0.2) is 30.5 Å². The Morgan fingerprint density at radius 1 is 1.13 bits per heavy atom. The Hall–Kier alpha value is -2.10. The zero-order valence-electron chi connectivity index (χ0n) is 19.5. The fourth-order valence-corrected chi connectivity index (χ4v) is 3.77. The number of carbonyl (C=O) groups excluding carboxylic acids is 1. The van der Waals surface area contributed by atoms with Gasteiger partial charge in [0, 0.05) is 6.20 Å². The van der Waals surface area contributed by atoms with Crippen molar-refractivity contribution >= 4 is 34.5 Å². The van der Waals surface area contributed by atoms with E-state index in [1.807, 2.05) is 72.7 Å². The van der Waals surface area contributed by atoms with Gasteiger partial charge in [-0.3, -0.25) is 0 Å². The summed E-state index contributed by atoms with van der Waals surface area (Å²) in [5, 5.41) is 0.523. The van der Waals surface area contributed by atoms with Crippen LogP contribution >= 0.6 is 11.3 Å². The molecular formula is C22H31BN2O5S. The number of amides is 1. The molecule has 1 fully saturated rings. The fourth-order valence-electron chi connectivity index (χ4n) is 2.91. The second kappa shape index (κ2) is 8.45. The van der Waals surface area contributed by atoms with E-state index in [1.54, 1.807) is 13.3 Å². The Kier molecular flexibility index (Phi) is 6.42. The Balaban J connectivity index is 1.86. The van der Waals surface area contributed by atoms with E-state index < -0.39 is 30.0 Å². The van der Waals surface area contributed by atoms with E-state index in [-0.39, 0.29) is 0 Å². The Morgan fingerprint density at radius 2 is 1.71 bits per heavy atom. The molecule has 0 N–H and O–H groups in total. The van der Waals surface area contributed by atoms with Crippen molar-refractivity contribution < 1.29 is 23.6 Å². The number of aromatic nitrogens is 1. The lowest BCUT2D eigenvalue weighted by Crippen LogP contribution is -2.41. The zero-order chi connectivity index (χ0) is 23.0. The highest BCUT2D eigenvalue weighted by Gasteiger charge is 2.52. The molecule has 0 bridgehead atoms. The van der Waals surface area contributed by atoms with Gasteiger partial charge in [0.15, 0.2) is 5.13 Å². The van der Waals surface area contributed by atoms with Gasteiger partial charge in [0.25, 0.3) is 0 Å². The van der Waals surface area contributed by atoms with Crippen molar-refractivity contribution in [3.8, 4) is 5.75 Å². The van der Waals surface area contributed by atoms with Gasteiger partial charge in [0.1, 0.15) is 11.4 Å². The summed E-state index contributed by atoms with van der Waals surface area (Å²) in [5.41, 5.74) is -0.592. The van der Waals surface area contributed by atoms with Crippen LogP contribution in [0.1, 0.15) is 54.0 Å². The van der Waals surface area contributed by atoms with E-state index in [4.69, 9.17) is 18.8 Å². The second-order valence-corrected chi connectivity index (χ2v) is 10.6. The molecule has 3 rings (SSSR count). The second-order valence-electron chi connectivity index (χ2n) is 9.55. The molecule has 31 heavy (non-hydrogen) atoms. The Labute approximate surface area is 188 Å². The number of hydrogen-bond donors (Lipinski definition) is 0. The summed E-state index contributed by atoms with van der Waals surface area (Å²) in [6.07, 6.45) is 1.24. The van der Waals surface area contributed by atoms with E-state index >= 15 is 0 Å². The van der Waals surface area contributed by atoms with E-state index in [0.29, 0.717) is 11.7 Å². The third kappa shape index (κ3) is 5.40. The van der Waals surface area contributed by atoms with E-state index in [1.165, 1.54) is 16.2 Å². The van der Waals surface area contributed by atoms with E-state index in [2.05, 4.69) is 4.98 Å². The van der Waals surface area contributed by atoms with Crippen molar-refractivity contribution in [1.82, 2.24) is 4.98 Å². The van der Waals surface area contributed by atoms with Crippen molar-refractivity contribution in [3.05, 3.63) is 36.0 Å². The van der Waals surface area contributed by atoms with Gasteiger partial charge in [-0.05, 0) is 66.2 Å². The number of benzene rings is 1.